The number of halogens is 1. The summed E-state index contributed by atoms with van der Waals surface area (Å²) >= 11 is 3.56. The van der Waals surface area contributed by atoms with Crippen molar-refractivity contribution in [3.05, 3.63) is 33.8 Å². The highest BCUT2D eigenvalue weighted by atomic mass is 79.9. The van der Waals surface area contributed by atoms with Crippen molar-refractivity contribution in [3.8, 4) is 0 Å². The van der Waals surface area contributed by atoms with E-state index in [0.717, 1.165) is 41.5 Å². The van der Waals surface area contributed by atoms with Crippen LogP contribution in [0.25, 0.3) is 0 Å². The third kappa shape index (κ3) is 3.88. The lowest BCUT2D eigenvalue weighted by Crippen LogP contribution is -2.32. The Balaban J connectivity index is 2.12. The van der Waals surface area contributed by atoms with Gasteiger partial charge in [0.05, 0.1) is 5.56 Å². The van der Waals surface area contributed by atoms with Crippen molar-refractivity contribution >= 4 is 21.8 Å². The first-order chi connectivity index (χ1) is 9.80. The van der Waals surface area contributed by atoms with Crippen LogP contribution in [0.15, 0.2) is 22.7 Å². The predicted molar refractivity (Wildman–Crippen MR) is 91.6 cm³/mol. The average molecular weight is 352 g/mol. The molecule has 1 aromatic carbocycles. The summed E-state index contributed by atoms with van der Waals surface area (Å²) in [6, 6.07) is 5.91. The molecule has 1 aliphatic heterocycles. The number of rotatable bonds is 1. The van der Waals surface area contributed by atoms with E-state index in [1.807, 2.05) is 30.0 Å². The molecule has 1 aromatic rings. The van der Waals surface area contributed by atoms with Gasteiger partial charge in [0.15, 0.2) is 0 Å². The summed E-state index contributed by atoms with van der Waals surface area (Å²) in [5.41, 5.74) is 2.25. The maximum Gasteiger partial charge on any atom is 0.255 e. The van der Waals surface area contributed by atoms with Gasteiger partial charge in [-0.1, -0.05) is 32.9 Å². The standard InChI is InChI=1S/C18H26BrNO/c1-13-7-5-9-15(16(13)19)17(21)20-11-6-8-14(10-12-20)18(2,3)4/h5,7,9,14H,6,8,10-12H2,1-4H3. The molecule has 1 aliphatic rings. The van der Waals surface area contributed by atoms with Crippen LogP contribution in [-0.2, 0) is 0 Å². The number of likely N-dealkylation sites (tertiary alicyclic amines) is 1. The Morgan fingerprint density at radius 2 is 1.95 bits per heavy atom. The molecule has 0 saturated carbocycles. The van der Waals surface area contributed by atoms with Crippen LogP contribution in [0, 0.1) is 18.3 Å². The van der Waals surface area contributed by atoms with E-state index >= 15 is 0 Å². The number of nitrogens with zero attached hydrogens (tertiary/aromatic N) is 1. The van der Waals surface area contributed by atoms with Crippen molar-refractivity contribution in [3.63, 3.8) is 0 Å². The van der Waals surface area contributed by atoms with Gasteiger partial charge in [-0.05, 0) is 65.1 Å². The summed E-state index contributed by atoms with van der Waals surface area (Å²) in [6.07, 6.45) is 3.44. The zero-order valence-electron chi connectivity index (χ0n) is 13.6. The van der Waals surface area contributed by atoms with Crippen LogP contribution >= 0.6 is 15.9 Å². The van der Waals surface area contributed by atoms with E-state index in [4.69, 9.17) is 0 Å². The molecule has 0 aromatic heterocycles. The first-order valence-corrected chi connectivity index (χ1v) is 8.64. The number of hydrogen-bond acceptors (Lipinski definition) is 1. The van der Waals surface area contributed by atoms with Gasteiger partial charge in [-0.25, -0.2) is 0 Å². The maximum absolute atomic E-state index is 12.8. The Morgan fingerprint density at radius 3 is 2.62 bits per heavy atom. The van der Waals surface area contributed by atoms with Crippen LogP contribution < -0.4 is 0 Å². The van der Waals surface area contributed by atoms with E-state index < -0.39 is 0 Å². The van der Waals surface area contributed by atoms with Gasteiger partial charge in [0.25, 0.3) is 5.91 Å². The minimum absolute atomic E-state index is 0.167. The monoisotopic (exact) mass is 351 g/mol. The summed E-state index contributed by atoms with van der Waals surface area (Å²) in [7, 11) is 0. The SMILES string of the molecule is Cc1cccc(C(=O)N2CCCC(C(C)(C)C)CC2)c1Br. The molecule has 0 aliphatic carbocycles. The van der Waals surface area contributed by atoms with Crippen molar-refractivity contribution in [2.24, 2.45) is 11.3 Å². The van der Waals surface area contributed by atoms with Crippen LogP contribution in [0.5, 0.6) is 0 Å². The molecule has 1 unspecified atom stereocenters. The van der Waals surface area contributed by atoms with E-state index in [1.54, 1.807) is 0 Å². The lowest BCUT2D eigenvalue weighted by Gasteiger charge is -2.29. The van der Waals surface area contributed by atoms with Crippen molar-refractivity contribution in [1.82, 2.24) is 4.90 Å². The number of hydrogen-bond donors (Lipinski definition) is 0. The molecule has 116 valence electrons. The van der Waals surface area contributed by atoms with E-state index in [0.29, 0.717) is 11.3 Å². The fourth-order valence-electron chi connectivity index (χ4n) is 3.15. The van der Waals surface area contributed by atoms with E-state index in [9.17, 15) is 4.79 Å². The Bertz CT molecular complexity index is 518. The van der Waals surface area contributed by atoms with Crippen LogP contribution in [-0.4, -0.2) is 23.9 Å². The van der Waals surface area contributed by atoms with Gasteiger partial charge in [-0.15, -0.1) is 0 Å². The fourth-order valence-corrected chi connectivity index (χ4v) is 3.58. The van der Waals surface area contributed by atoms with E-state index in [1.165, 1.54) is 6.42 Å². The van der Waals surface area contributed by atoms with Crippen LogP contribution in [0.4, 0.5) is 0 Å². The van der Waals surface area contributed by atoms with Crippen molar-refractivity contribution in [1.29, 1.82) is 0 Å². The smallest absolute Gasteiger partial charge is 0.255 e. The lowest BCUT2D eigenvalue weighted by molar-refractivity contribution is 0.0754. The molecule has 1 fully saturated rings. The number of carbonyl (C=O) groups is 1. The van der Waals surface area contributed by atoms with Gasteiger partial charge in [0.2, 0.25) is 0 Å². The molecule has 1 heterocycles. The largest absolute Gasteiger partial charge is 0.339 e. The van der Waals surface area contributed by atoms with Crippen LogP contribution in [0.1, 0.15) is 56.0 Å². The lowest BCUT2D eigenvalue weighted by atomic mass is 9.77. The summed E-state index contributed by atoms with van der Waals surface area (Å²) in [5, 5.41) is 0. The molecular formula is C18H26BrNO. The molecule has 1 amide bonds. The molecule has 1 atom stereocenters. The third-order valence-electron chi connectivity index (χ3n) is 4.66. The minimum atomic E-state index is 0.167. The van der Waals surface area contributed by atoms with E-state index in [2.05, 4.69) is 36.7 Å². The first-order valence-electron chi connectivity index (χ1n) is 7.85. The molecule has 0 spiro atoms. The van der Waals surface area contributed by atoms with Crippen molar-refractivity contribution < 1.29 is 4.79 Å². The van der Waals surface area contributed by atoms with Gasteiger partial charge in [0.1, 0.15) is 0 Å². The van der Waals surface area contributed by atoms with Gasteiger partial charge in [-0.3, -0.25) is 4.79 Å². The molecule has 3 heteroatoms. The summed E-state index contributed by atoms with van der Waals surface area (Å²) in [6.45, 7) is 10.7. The normalized spacial score (nSPS) is 20.2. The predicted octanol–water partition coefficient (Wildman–Crippen LogP) is 5.05. The quantitative estimate of drug-likeness (QED) is 0.693. The molecule has 0 radical (unpaired) electrons. The minimum Gasteiger partial charge on any atom is -0.339 e. The number of aryl methyl sites for hydroxylation is 1. The molecule has 1 saturated heterocycles. The molecular weight excluding hydrogens is 326 g/mol. The second kappa shape index (κ2) is 6.51. The molecule has 2 nitrogen and oxygen atoms in total. The Labute approximate surface area is 137 Å². The highest BCUT2D eigenvalue weighted by Gasteiger charge is 2.29. The average Bonchev–Trinajstić information content (AvgIpc) is 2.66. The second-order valence-electron chi connectivity index (χ2n) is 7.22. The number of benzene rings is 1. The number of carbonyl (C=O) groups excluding carboxylic acids is 1. The van der Waals surface area contributed by atoms with Crippen molar-refractivity contribution in [2.45, 2.75) is 47.0 Å². The highest BCUT2D eigenvalue weighted by molar-refractivity contribution is 9.10. The van der Waals surface area contributed by atoms with Crippen LogP contribution in [0.2, 0.25) is 0 Å². The molecule has 0 N–H and O–H groups in total. The highest BCUT2D eigenvalue weighted by Crippen LogP contribution is 2.34. The first kappa shape index (κ1) is 16.5. The topological polar surface area (TPSA) is 20.3 Å². The Kier molecular flexibility index (Phi) is 5.13. The summed E-state index contributed by atoms with van der Waals surface area (Å²) in [5.74, 6) is 0.872. The third-order valence-corrected chi connectivity index (χ3v) is 5.71. The van der Waals surface area contributed by atoms with E-state index in [-0.39, 0.29) is 5.91 Å². The molecule has 21 heavy (non-hydrogen) atoms. The molecule has 0 bridgehead atoms. The van der Waals surface area contributed by atoms with Gasteiger partial charge < -0.3 is 4.90 Å². The van der Waals surface area contributed by atoms with Crippen molar-refractivity contribution in [2.75, 3.05) is 13.1 Å². The van der Waals surface area contributed by atoms with Gasteiger partial charge >= 0.3 is 0 Å². The molecule has 2 rings (SSSR count). The number of amides is 1. The van der Waals surface area contributed by atoms with Gasteiger partial charge in [0, 0.05) is 17.6 Å². The summed E-state index contributed by atoms with van der Waals surface area (Å²) in [4.78, 5) is 14.8. The van der Waals surface area contributed by atoms with Gasteiger partial charge in [-0.2, -0.15) is 0 Å². The zero-order valence-corrected chi connectivity index (χ0v) is 15.2. The maximum atomic E-state index is 12.8. The zero-order chi connectivity index (χ0) is 15.6. The van der Waals surface area contributed by atoms with Crippen LogP contribution in [0.3, 0.4) is 0 Å². The summed E-state index contributed by atoms with van der Waals surface area (Å²) < 4.78 is 0.937. The second-order valence-corrected chi connectivity index (χ2v) is 8.02. The Hall–Kier alpha value is -0.830. The fraction of sp³-hybridized carbons (Fsp3) is 0.611. The Morgan fingerprint density at radius 1 is 1.24 bits per heavy atom.